The molecule has 218 valence electrons. The molecule has 2 aliphatic heterocycles. The molecule has 1 atom stereocenters. The van der Waals surface area contributed by atoms with E-state index >= 15 is 0 Å². The highest BCUT2D eigenvalue weighted by atomic mass is 35.5. The van der Waals surface area contributed by atoms with Gasteiger partial charge in [0.2, 0.25) is 16.9 Å². The summed E-state index contributed by atoms with van der Waals surface area (Å²) >= 11 is 6.48. The van der Waals surface area contributed by atoms with Gasteiger partial charge in [0.1, 0.15) is 6.04 Å². The first-order valence-electron chi connectivity index (χ1n) is 12.5. The smallest absolute Gasteiger partial charge is 0.368 e. The van der Waals surface area contributed by atoms with E-state index in [1.807, 2.05) is 34.7 Å². The molecule has 3 heterocycles. The number of amides is 1. The molecule has 1 saturated heterocycles. The van der Waals surface area contributed by atoms with E-state index in [4.69, 9.17) is 11.6 Å². The Morgan fingerprint density at radius 2 is 1.80 bits per heavy atom. The summed E-state index contributed by atoms with van der Waals surface area (Å²) in [6.07, 6.45) is -2.87. The van der Waals surface area contributed by atoms with Crippen LogP contribution < -0.4 is 14.5 Å². The number of nitrogens with zero attached hydrogens (tertiary/aromatic N) is 5. The molecule has 1 amide bonds. The second-order valence-electron chi connectivity index (χ2n) is 9.58. The summed E-state index contributed by atoms with van der Waals surface area (Å²) < 4.78 is 68.6. The van der Waals surface area contributed by atoms with Crippen LogP contribution in [0.25, 0.3) is 0 Å². The molecule has 0 bridgehead atoms. The number of aromatic nitrogens is 2. The molecule has 0 saturated carbocycles. The van der Waals surface area contributed by atoms with Crippen molar-refractivity contribution >= 4 is 55.6 Å². The first-order chi connectivity index (χ1) is 18.9. The Kier molecular flexibility index (Phi) is 7.86. The lowest BCUT2D eigenvalue weighted by Crippen LogP contribution is -2.55. The minimum atomic E-state index is -4.76. The molecule has 15 heteroatoms. The van der Waals surface area contributed by atoms with Crippen molar-refractivity contribution in [1.29, 1.82) is 0 Å². The molecule has 0 aliphatic carbocycles. The van der Waals surface area contributed by atoms with E-state index in [9.17, 15) is 26.4 Å². The summed E-state index contributed by atoms with van der Waals surface area (Å²) in [5, 5.41) is 0.220. The Hall–Kier alpha value is -3.10. The number of benzene rings is 2. The molecule has 40 heavy (non-hydrogen) atoms. The Labute approximate surface area is 241 Å². The van der Waals surface area contributed by atoms with E-state index in [0.717, 1.165) is 36.3 Å². The zero-order chi connectivity index (χ0) is 28.7. The maximum absolute atomic E-state index is 13.4. The summed E-state index contributed by atoms with van der Waals surface area (Å²) in [6, 6.07) is 11.5. The van der Waals surface area contributed by atoms with Crippen molar-refractivity contribution in [1.82, 2.24) is 14.3 Å². The lowest BCUT2D eigenvalue weighted by molar-refractivity contribution is -0.144. The average molecular weight is 619 g/mol. The van der Waals surface area contributed by atoms with Gasteiger partial charge in [0.25, 0.3) is 10.0 Å². The van der Waals surface area contributed by atoms with Gasteiger partial charge in [0.05, 0.1) is 4.90 Å². The third-order valence-corrected chi connectivity index (χ3v) is 9.38. The van der Waals surface area contributed by atoms with Crippen LogP contribution in [0.5, 0.6) is 0 Å². The van der Waals surface area contributed by atoms with Gasteiger partial charge in [-0.15, -0.1) is 0 Å². The average Bonchev–Trinajstić information content (AvgIpc) is 3.40. The summed E-state index contributed by atoms with van der Waals surface area (Å²) in [5.41, 5.74) is 2.97. The van der Waals surface area contributed by atoms with Crippen molar-refractivity contribution in [2.45, 2.75) is 36.9 Å². The van der Waals surface area contributed by atoms with E-state index in [2.05, 4.69) is 19.2 Å². The summed E-state index contributed by atoms with van der Waals surface area (Å²) in [7, 11) is -4.15. The highest BCUT2D eigenvalue weighted by Crippen LogP contribution is 2.32. The number of aryl methyl sites for hydroxylation is 1. The van der Waals surface area contributed by atoms with Crippen LogP contribution in [-0.4, -0.2) is 67.3 Å². The van der Waals surface area contributed by atoms with Gasteiger partial charge < -0.3 is 14.7 Å². The number of fused-ring (bicyclic) bond motifs is 1. The molecule has 1 fully saturated rings. The van der Waals surface area contributed by atoms with Crippen LogP contribution in [-0.2, 0) is 27.4 Å². The number of nitrogens with one attached hydrogen (secondary N) is 1. The van der Waals surface area contributed by atoms with E-state index in [1.54, 1.807) is 12.1 Å². The molecule has 0 spiro atoms. The topological polar surface area (TPSA) is 98.7 Å². The van der Waals surface area contributed by atoms with Crippen LogP contribution >= 0.6 is 23.1 Å². The number of carbonyl (C=O) groups excluding carboxylic acids is 1. The molecule has 1 N–H and O–H groups in total. The molecule has 9 nitrogen and oxygen atoms in total. The minimum Gasteiger partial charge on any atom is -0.368 e. The van der Waals surface area contributed by atoms with Gasteiger partial charge in [-0.25, -0.2) is 8.42 Å². The van der Waals surface area contributed by atoms with E-state index in [-0.39, 0.29) is 19.7 Å². The monoisotopic (exact) mass is 618 g/mol. The summed E-state index contributed by atoms with van der Waals surface area (Å²) in [4.78, 5) is 22.5. The van der Waals surface area contributed by atoms with Gasteiger partial charge >= 0.3 is 6.18 Å². The van der Waals surface area contributed by atoms with Gasteiger partial charge in [-0.3, -0.25) is 9.52 Å². The highest BCUT2D eigenvalue weighted by molar-refractivity contribution is 7.93. The normalized spacial score (nSPS) is 17.0. The van der Waals surface area contributed by atoms with Crippen molar-refractivity contribution < 1.29 is 29.2 Å². The summed E-state index contributed by atoms with van der Waals surface area (Å²) in [6.45, 7) is 4.90. The Balaban J connectivity index is 0.00000242. The van der Waals surface area contributed by atoms with Gasteiger partial charge in [-0.2, -0.15) is 22.5 Å². The maximum atomic E-state index is 13.4. The lowest BCUT2D eigenvalue weighted by Gasteiger charge is -2.41. The van der Waals surface area contributed by atoms with Crippen LogP contribution in [0.1, 0.15) is 27.6 Å². The summed E-state index contributed by atoms with van der Waals surface area (Å²) in [5.74, 6) is -1.34. The Bertz CT molecular complexity index is 1500. The Morgan fingerprint density at radius 3 is 2.45 bits per heavy atom. The third-order valence-electron chi connectivity index (χ3n) is 7.03. The standard InChI is InChI=1S/C25H26ClF3N6O3S2.2H2/c1-16(35-10-2-3-17-15-18(26)4-9-21(17)35)22(36)34-13-11-33(12-14-34)19-5-7-20(8-6-19)40(37,38)32-24-30-23(31-39-24)25(27,28)29;;/h4-9,15-16H,2-3,10-14H2,1H3,(H,30,31,32);2*1H/t16-;;/m0../s1. The van der Waals surface area contributed by atoms with Gasteiger partial charge in [0, 0.05) is 63.5 Å². The van der Waals surface area contributed by atoms with Crippen molar-refractivity contribution in [3.63, 3.8) is 0 Å². The fourth-order valence-electron chi connectivity index (χ4n) is 4.97. The van der Waals surface area contributed by atoms with E-state index < -0.39 is 27.2 Å². The number of rotatable bonds is 6. The second-order valence-corrected chi connectivity index (χ2v) is 12.4. The largest absolute Gasteiger partial charge is 0.452 e. The van der Waals surface area contributed by atoms with Gasteiger partial charge in [-0.1, -0.05) is 11.6 Å². The van der Waals surface area contributed by atoms with E-state index in [0.29, 0.717) is 42.7 Å². The van der Waals surface area contributed by atoms with Crippen LogP contribution in [0.4, 0.5) is 29.7 Å². The minimum absolute atomic E-state index is 0. The molecular weight excluding hydrogens is 589 g/mol. The van der Waals surface area contributed by atoms with Crippen LogP contribution in [0.15, 0.2) is 47.4 Å². The molecule has 5 rings (SSSR count). The van der Waals surface area contributed by atoms with Crippen molar-refractivity contribution in [2.75, 3.05) is 47.2 Å². The maximum Gasteiger partial charge on any atom is 0.452 e. The van der Waals surface area contributed by atoms with Crippen molar-refractivity contribution in [2.24, 2.45) is 0 Å². The molecule has 2 aliphatic rings. The van der Waals surface area contributed by atoms with Crippen molar-refractivity contribution in [3.05, 3.63) is 58.9 Å². The first kappa shape index (κ1) is 28.4. The quantitative estimate of drug-likeness (QED) is 0.415. The lowest BCUT2D eigenvalue weighted by atomic mass is 10.00. The van der Waals surface area contributed by atoms with Crippen LogP contribution in [0.3, 0.4) is 0 Å². The van der Waals surface area contributed by atoms with Gasteiger partial charge in [-0.05, 0) is 67.8 Å². The molecule has 1 aromatic heterocycles. The number of carbonyl (C=O) groups is 1. The zero-order valence-electron chi connectivity index (χ0n) is 21.4. The fourth-order valence-corrected chi connectivity index (χ4v) is 6.97. The second kappa shape index (κ2) is 11.1. The van der Waals surface area contributed by atoms with Crippen LogP contribution in [0, 0.1) is 0 Å². The number of anilines is 3. The highest BCUT2D eigenvalue weighted by Gasteiger charge is 2.36. The van der Waals surface area contributed by atoms with Crippen LogP contribution in [0.2, 0.25) is 5.02 Å². The Morgan fingerprint density at radius 1 is 1.10 bits per heavy atom. The molecule has 0 unspecified atom stereocenters. The SMILES string of the molecule is C[C@@H](C(=O)N1CCN(c2ccc(S(=O)(=O)Nc3nc(C(F)(F)F)ns3)cc2)CC1)N1CCCc2cc(Cl)ccc21.[HH].[HH]. The molecule has 0 radical (unpaired) electrons. The fraction of sp³-hybridized carbons (Fsp3) is 0.400. The predicted molar refractivity (Wildman–Crippen MR) is 152 cm³/mol. The van der Waals surface area contributed by atoms with Crippen molar-refractivity contribution in [3.8, 4) is 0 Å². The van der Waals surface area contributed by atoms with E-state index in [1.165, 1.54) is 12.1 Å². The van der Waals surface area contributed by atoms with Gasteiger partial charge in [0.15, 0.2) is 0 Å². The molecule has 3 aromatic rings. The third kappa shape index (κ3) is 5.98. The number of sulfonamides is 1. The number of hydrogen-bond acceptors (Lipinski definition) is 8. The predicted octanol–water partition coefficient (Wildman–Crippen LogP) is 4.99. The number of piperazine rings is 1. The first-order valence-corrected chi connectivity index (χ1v) is 15.2. The molecule has 2 aromatic carbocycles. The molecular formula is C25H30ClF3N6O3S2. The zero-order valence-corrected chi connectivity index (χ0v) is 23.7. The number of alkyl halides is 3. The number of halogens is 4. The number of hydrogen-bond donors (Lipinski definition) is 1.